The Morgan fingerprint density at radius 1 is 1.23 bits per heavy atom. The zero-order valence-corrected chi connectivity index (χ0v) is 16.4. The fourth-order valence-corrected chi connectivity index (χ4v) is 3.19. The Kier molecular flexibility index (Phi) is 8.88. The number of aliphatic imine (C=N–C) groups is 1. The molecule has 0 saturated carbocycles. The highest BCUT2D eigenvalue weighted by Gasteiger charge is 2.21. The molecule has 0 spiro atoms. The molecular formula is C20H34N4O2. The van der Waals surface area contributed by atoms with Crippen LogP contribution in [-0.2, 0) is 22.6 Å². The molecule has 0 bridgehead atoms. The van der Waals surface area contributed by atoms with Gasteiger partial charge >= 0.3 is 0 Å². The first-order chi connectivity index (χ1) is 12.6. The van der Waals surface area contributed by atoms with E-state index in [1.807, 2.05) is 6.92 Å². The van der Waals surface area contributed by atoms with Crippen molar-refractivity contribution in [3.8, 4) is 0 Å². The van der Waals surface area contributed by atoms with Gasteiger partial charge in [0, 0.05) is 39.4 Å². The van der Waals surface area contributed by atoms with Crippen molar-refractivity contribution in [2.24, 2.45) is 10.7 Å². The third-order valence-corrected chi connectivity index (χ3v) is 4.33. The fourth-order valence-electron chi connectivity index (χ4n) is 3.19. The van der Waals surface area contributed by atoms with Crippen molar-refractivity contribution in [2.75, 3.05) is 32.8 Å². The average molecular weight is 363 g/mol. The van der Waals surface area contributed by atoms with Gasteiger partial charge in [0.05, 0.1) is 18.8 Å². The summed E-state index contributed by atoms with van der Waals surface area (Å²) in [5.74, 6) is 0.488. The van der Waals surface area contributed by atoms with Gasteiger partial charge in [-0.3, -0.25) is 4.90 Å². The number of ether oxygens (including phenoxy) is 2. The number of nitrogens with two attached hydrogens (primary N) is 1. The molecule has 2 unspecified atom stereocenters. The summed E-state index contributed by atoms with van der Waals surface area (Å²) in [6, 6.07) is 8.63. The minimum absolute atomic E-state index is 0.302. The van der Waals surface area contributed by atoms with Gasteiger partial charge in [0.15, 0.2) is 5.96 Å². The standard InChI is InChI=1S/C20H34N4O2/c1-4-25-11-5-10-22-20(21)23-12-18-6-8-19(9-7-18)15-24-13-16(2)26-17(3)14-24/h6-9,16-17H,4-5,10-15H2,1-3H3,(H3,21,22,23). The zero-order valence-electron chi connectivity index (χ0n) is 16.4. The number of hydrogen-bond donors (Lipinski definition) is 2. The van der Waals surface area contributed by atoms with Crippen molar-refractivity contribution in [2.45, 2.75) is 52.5 Å². The third kappa shape index (κ3) is 7.72. The Labute approximate surface area is 157 Å². The quantitative estimate of drug-likeness (QED) is 0.400. The maximum absolute atomic E-state index is 5.90. The van der Waals surface area contributed by atoms with E-state index in [1.54, 1.807) is 0 Å². The van der Waals surface area contributed by atoms with Crippen molar-refractivity contribution in [1.29, 1.82) is 0 Å². The number of guanidine groups is 1. The van der Waals surface area contributed by atoms with Gasteiger partial charge in [0.1, 0.15) is 0 Å². The van der Waals surface area contributed by atoms with E-state index in [4.69, 9.17) is 15.2 Å². The van der Waals surface area contributed by atoms with Crippen LogP contribution in [0, 0.1) is 0 Å². The van der Waals surface area contributed by atoms with Crippen LogP contribution in [0.25, 0.3) is 0 Å². The molecule has 0 aromatic heterocycles. The highest BCUT2D eigenvalue weighted by atomic mass is 16.5. The van der Waals surface area contributed by atoms with Gasteiger partial charge in [0.2, 0.25) is 0 Å². The molecule has 1 aliphatic rings. The smallest absolute Gasteiger partial charge is 0.188 e. The van der Waals surface area contributed by atoms with Gasteiger partial charge in [-0.05, 0) is 38.3 Å². The maximum Gasteiger partial charge on any atom is 0.188 e. The number of rotatable bonds is 9. The van der Waals surface area contributed by atoms with E-state index in [9.17, 15) is 0 Å². The summed E-state index contributed by atoms with van der Waals surface area (Å²) in [7, 11) is 0. The van der Waals surface area contributed by atoms with Crippen molar-refractivity contribution in [3.63, 3.8) is 0 Å². The molecule has 1 aromatic carbocycles. The van der Waals surface area contributed by atoms with Crippen molar-refractivity contribution >= 4 is 5.96 Å². The molecule has 0 amide bonds. The molecule has 2 rings (SSSR count). The topological polar surface area (TPSA) is 72.1 Å². The maximum atomic E-state index is 5.90. The molecule has 2 atom stereocenters. The van der Waals surface area contributed by atoms with Gasteiger partial charge in [-0.15, -0.1) is 0 Å². The van der Waals surface area contributed by atoms with E-state index in [0.717, 1.165) is 51.4 Å². The minimum Gasteiger partial charge on any atom is -0.382 e. The molecule has 1 aromatic rings. The van der Waals surface area contributed by atoms with Crippen molar-refractivity contribution in [3.05, 3.63) is 35.4 Å². The highest BCUT2D eigenvalue weighted by Crippen LogP contribution is 2.15. The Morgan fingerprint density at radius 2 is 1.88 bits per heavy atom. The van der Waals surface area contributed by atoms with E-state index in [-0.39, 0.29) is 0 Å². The molecule has 3 N–H and O–H groups in total. The summed E-state index contributed by atoms with van der Waals surface area (Å²) in [4.78, 5) is 6.85. The van der Waals surface area contributed by atoms with E-state index in [2.05, 4.69) is 53.3 Å². The Morgan fingerprint density at radius 3 is 2.54 bits per heavy atom. The molecule has 1 saturated heterocycles. The first kappa shape index (κ1) is 20.7. The molecular weight excluding hydrogens is 328 g/mol. The van der Waals surface area contributed by atoms with Crippen LogP contribution >= 0.6 is 0 Å². The Bertz CT molecular complexity index is 537. The molecule has 6 nitrogen and oxygen atoms in total. The van der Waals surface area contributed by atoms with Gasteiger partial charge in [-0.2, -0.15) is 0 Å². The highest BCUT2D eigenvalue weighted by molar-refractivity contribution is 5.77. The summed E-state index contributed by atoms with van der Waals surface area (Å²) in [6.45, 7) is 12.1. The predicted molar refractivity (Wildman–Crippen MR) is 106 cm³/mol. The third-order valence-electron chi connectivity index (χ3n) is 4.33. The summed E-state index contributed by atoms with van der Waals surface area (Å²) >= 11 is 0. The van der Waals surface area contributed by atoms with Crippen LogP contribution in [0.3, 0.4) is 0 Å². The lowest BCUT2D eigenvalue weighted by Gasteiger charge is -2.35. The molecule has 1 fully saturated rings. The summed E-state index contributed by atoms with van der Waals surface area (Å²) < 4.78 is 11.1. The van der Waals surface area contributed by atoms with E-state index in [1.165, 1.54) is 5.56 Å². The van der Waals surface area contributed by atoms with Crippen molar-refractivity contribution < 1.29 is 9.47 Å². The second-order valence-corrected chi connectivity index (χ2v) is 6.95. The van der Waals surface area contributed by atoms with E-state index >= 15 is 0 Å². The second kappa shape index (κ2) is 11.2. The van der Waals surface area contributed by atoms with Gasteiger partial charge in [-0.1, -0.05) is 24.3 Å². The van der Waals surface area contributed by atoms with Crippen LogP contribution in [-0.4, -0.2) is 55.9 Å². The number of benzene rings is 1. The summed E-state index contributed by atoms with van der Waals surface area (Å²) in [6.07, 6.45) is 1.53. The fraction of sp³-hybridized carbons (Fsp3) is 0.650. The van der Waals surface area contributed by atoms with Crippen LogP contribution in [0.2, 0.25) is 0 Å². The largest absolute Gasteiger partial charge is 0.382 e. The lowest BCUT2D eigenvalue weighted by Crippen LogP contribution is -2.44. The van der Waals surface area contributed by atoms with Gasteiger partial charge < -0.3 is 20.5 Å². The van der Waals surface area contributed by atoms with Crippen LogP contribution in [0.4, 0.5) is 0 Å². The number of hydrogen-bond acceptors (Lipinski definition) is 4. The molecule has 0 radical (unpaired) electrons. The first-order valence-corrected chi connectivity index (χ1v) is 9.64. The molecule has 1 heterocycles. The second-order valence-electron chi connectivity index (χ2n) is 6.95. The van der Waals surface area contributed by atoms with Crippen LogP contribution < -0.4 is 11.1 Å². The van der Waals surface area contributed by atoms with Crippen LogP contribution in [0.15, 0.2) is 29.3 Å². The van der Waals surface area contributed by atoms with Gasteiger partial charge in [0.25, 0.3) is 0 Å². The number of morpholine rings is 1. The average Bonchev–Trinajstić information content (AvgIpc) is 2.60. The molecule has 146 valence electrons. The summed E-state index contributed by atoms with van der Waals surface area (Å²) in [5, 5.41) is 3.11. The normalized spacial score (nSPS) is 21.7. The first-order valence-electron chi connectivity index (χ1n) is 9.64. The lowest BCUT2D eigenvalue weighted by atomic mass is 10.1. The SMILES string of the molecule is CCOCCCNC(N)=NCc1ccc(CN2CC(C)OC(C)C2)cc1. The van der Waals surface area contributed by atoms with Gasteiger partial charge in [-0.25, -0.2) is 4.99 Å². The van der Waals surface area contributed by atoms with E-state index < -0.39 is 0 Å². The molecule has 1 aliphatic heterocycles. The summed E-state index contributed by atoms with van der Waals surface area (Å²) in [5.41, 5.74) is 8.38. The van der Waals surface area contributed by atoms with E-state index in [0.29, 0.717) is 24.7 Å². The van der Waals surface area contributed by atoms with Crippen LogP contribution in [0.1, 0.15) is 38.3 Å². The van der Waals surface area contributed by atoms with Crippen molar-refractivity contribution in [1.82, 2.24) is 10.2 Å². The number of nitrogens with one attached hydrogen (secondary N) is 1. The Balaban J connectivity index is 1.73. The molecule has 0 aliphatic carbocycles. The zero-order chi connectivity index (χ0) is 18.8. The Hall–Kier alpha value is -1.63. The monoisotopic (exact) mass is 362 g/mol. The lowest BCUT2D eigenvalue weighted by molar-refractivity contribution is -0.0704. The van der Waals surface area contributed by atoms with Crippen LogP contribution in [0.5, 0.6) is 0 Å². The predicted octanol–water partition coefficient (Wildman–Crippen LogP) is 2.13. The molecule has 6 heteroatoms. The minimum atomic E-state index is 0.302. The number of nitrogens with zero attached hydrogens (tertiary/aromatic N) is 2. The molecule has 26 heavy (non-hydrogen) atoms.